The second kappa shape index (κ2) is 4.71. The Hall–Kier alpha value is -1.39. The third kappa shape index (κ3) is 2.26. The van der Waals surface area contributed by atoms with Gasteiger partial charge in [-0.2, -0.15) is 5.10 Å². The van der Waals surface area contributed by atoms with Crippen molar-refractivity contribution in [1.29, 1.82) is 0 Å². The zero-order chi connectivity index (χ0) is 13.3. The molecule has 5 nitrogen and oxygen atoms in total. The second-order valence-electron chi connectivity index (χ2n) is 5.49. The van der Waals surface area contributed by atoms with Crippen molar-refractivity contribution in [2.45, 2.75) is 40.0 Å². The van der Waals surface area contributed by atoms with Crippen LogP contribution in [0.2, 0.25) is 0 Å². The Bertz CT molecular complexity index is 399. The first-order valence-electron chi connectivity index (χ1n) is 6.54. The minimum absolute atomic E-state index is 0.0915. The van der Waals surface area contributed by atoms with Gasteiger partial charge >= 0.3 is 5.97 Å². The van der Waals surface area contributed by atoms with Crippen LogP contribution < -0.4 is 0 Å². The Morgan fingerprint density at radius 3 is 2.72 bits per heavy atom. The van der Waals surface area contributed by atoms with Crippen LogP contribution in [0.15, 0.2) is 5.10 Å². The molecule has 1 atom stereocenters. The van der Waals surface area contributed by atoms with Crippen molar-refractivity contribution in [1.82, 2.24) is 5.01 Å². The molecule has 0 bridgehead atoms. The van der Waals surface area contributed by atoms with Crippen LogP contribution in [0.4, 0.5) is 0 Å². The molecule has 0 spiro atoms. The molecule has 18 heavy (non-hydrogen) atoms. The number of hydrazone groups is 1. The Kier molecular flexibility index (Phi) is 3.41. The molecule has 1 heterocycles. The molecule has 100 valence electrons. The third-order valence-electron chi connectivity index (χ3n) is 3.84. The number of carbonyl (C=O) groups excluding carboxylic acids is 2. The van der Waals surface area contributed by atoms with E-state index in [2.05, 4.69) is 12.0 Å². The molecule has 0 radical (unpaired) electrons. The summed E-state index contributed by atoms with van der Waals surface area (Å²) >= 11 is 0. The highest BCUT2D eigenvalue weighted by molar-refractivity contribution is 6.42. The predicted octanol–water partition coefficient (Wildman–Crippen LogP) is 1.57. The van der Waals surface area contributed by atoms with E-state index in [9.17, 15) is 9.59 Å². The number of amides is 1. The summed E-state index contributed by atoms with van der Waals surface area (Å²) < 4.78 is 4.91. The van der Waals surface area contributed by atoms with Gasteiger partial charge in [-0.25, -0.2) is 9.80 Å². The van der Waals surface area contributed by atoms with Crippen LogP contribution in [0, 0.1) is 11.3 Å². The van der Waals surface area contributed by atoms with E-state index in [4.69, 9.17) is 4.74 Å². The SMILES string of the molecule is CCOC(=O)C1=NN(CC2(C)CCC2)C(=O)C1C. The first-order chi connectivity index (χ1) is 8.47. The highest BCUT2D eigenvalue weighted by Crippen LogP contribution is 2.41. The molecule has 1 amide bonds. The molecule has 1 fully saturated rings. The standard InChI is InChI=1S/C13H20N2O3/c1-4-18-12(17)10-9(2)11(16)15(14-10)8-13(3)6-5-7-13/h9H,4-8H2,1-3H3. The molecule has 0 aromatic carbocycles. The van der Waals surface area contributed by atoms with Gasteiger partial charge in [0, 0.05) is 6.54 Å². The van der Waals surface area contributed by atoms with Crippen LogP contribution in [0.3, 0.4) is 0 Å². The summed E-state index contributed by atoms with van der Waals surface area (Å²) in [6, 6.07) is 0. The molecule has 1 unspecified atom stereocenters. The molecule has 0 saturated heterocycles. The maximum Gasteiger partial charge on any atom is 0.355 e. The fourth-order valence-electron chi connectivity index (χ4n) is 2.44. The highest BCUT2D eigenvalue weighted by atomic mass is 16.5. The summed E-state index contributed by atoms with van der Waals surface area (Å²) in [5.41, 5.74) is 0.410. The summed E-state index contributed by atoms with van der Waals surface area (Å²) in [6.45, 7) is 6.52. The van der Waals surface area contributed by atoms with Gasteiger partial charge in [-0.1, -0.05) is 13.3 Å². The smallest absolute Gasteiger partial charge is 0.355 e. The highest BCUT2D eigenvalue weighted by Gasteiger charge is 2.42. The maximum atomic E-state index is 12.0. The van der Waals surface area contributed by atoms with Gasteiger partial charge in [-0.05, 0) is 32.1 Å². The topological polar surface area (TPSA) is 59.0 Å². The zero-order valence-electron chi connectivity index (χ0n) is 11.2. The van der Waals surface area contributed by atoms with Gasteiger partial charge in [0.2, 0.25) is 0 Å². The average Bonchev–Trinajstić information content (AvgIpc) is 2.56. The Labute approximate surface area is 107 Å². The lowest BCUT2D eigenvalue weighted by molar-refractivity contribution is -0.136. The van der Waals surface area contributed by atoms with E-state index in [-0.39, 0.29) is 17.0 Å². The van der Waals surface area contributed by atoms with E-state index >= 15 is 0 Å². The van der Waals surface area contributed by atoms with Crippen molar-refractivity contribution in [3.63, 3.8) is 0 Å². The van der Waals surface area contributed by atoms with Crippen molar-refractivity contribution in [3.05, 3.63) is 0 Å². The molecule has 0 aromatic heterocycles. The molecule has 2 aliphatic rings. The number of ether oxygens (including phenoxy) is 1. The quantitative estimate of drug-likeness (QED) is 0.714. The second-order valence-corrected chi connectivity index (χ2v) is 5.49. The average molecular weight is 252 g/mol. The van der Waals surface area contributed by atoms with E-state index in [1.54, 1.807) is 13.8 Å². The van der Waals surface area contributed by atoms with Gasteiger partial charge in [-0.15, -0.1) is 0 Å². The van der Waals surface area contributed by atoms with Crippen LogP contribution in [0.1, 0.15) is 40.0 Å². The zero-order valence-corrected chi connectivity index (χ0v) is 11.2. The molecule has 0 N–H and O–H groups in total. The minimum atomic E-state index is -0.479. The lowest BCUT2D eigenvalue weighted by atomic mass is 9.70. The number of hydrogen-bond donors (Lipinski definition) is 0. The van der Waals surface area contributed by atoms with Gasteiger partial charge in [0.05, 0.1) is 12.5 Å². The first-order valence-corrected chi connectivity index (χ1v) is 6.54. The van der Waals surface area contributed by atoms with Gasteiger partial charge in [0.15, 0.2) is 5.71 Å². The van der Waals surface area contributed by atoms with Crippen molar-refractivity contribution >= 4 is 17.6 Å². The normalized spacial score (nSPS) is 25.7. The van der Waals surface area contributed by atoms with Crippen LogP contribution >= 0.6 is 0 Å². The summed E-state index contributed by atoms with van der Waals surface area (Å²) in [4.78, 5) is 23.7. The van der Waals surface area contributed by atoms with E-state index in [1.165, 1.54) is 11.4 Å². The van der Waals surface area contributed by atoms with E-state index in [1.807, 2.05) is 0 Å². The van der Waals surface area contributed by atoms with Crippen LogP contribution in [-0.2, 0) is 14.3 Å². The lowest BCUT2D eigenvalue weighted by Gasteiger charge is -2.40. The molecule has 2 rings (SSSR count). The number of nitrogens with zero attached hydrogens (tertiary/aromatic N) is 2. The van der Waals surface area contributed by atoms with Crippen LogP contribution in [0.5, 0.6) is 0 Å². The minimum Gasteiger partial charge on any atom is -0.461 e. The Morgan fingerprint density at radius 1 is 1.56 bits per heavy atom. The monoisotopic (exact) mass is 252 g/mol. The summed E-state index contributed by atoms with van der Waals surface area (Å²) in [5.74, 6) is -1.04. The summed E-state index contributed by atoms with van der Waals surface area (Å²) in [6.07, 6.45) is 3.45. The summed E-state index contributed by atoms with van der Waals surface area (Å²) in [5, 5.41) is 5.62. The van der Waals surface area contributed by atoms with Gasteiger partial charge < -0.3 is 4.74 Å². The van der Waals surface area contributed by atoms with Crippen molar-refractivity contribution in [2.24, 2.45) is 16.4 Å². The number of rotatable bonds is 4. The fourth-order valence-corrected chi connectivity index (χ4v) is 2.44. The number of carbonyl (C=O) groups is 2. The molecular weight excluding hydrogens is 232 g/mol. The van der Waals surface area contributed by atoms with E-state index in [0.717, 1.165) is 12.8 Å². The summed E-state index contributed by atoms with van der Waals surface area (Å²) in [7, 11) is 0. The predicted molar refractivity (Wildman–Crippen MR) is 66.9 cm³/mol. The lowest BCUT2D eigenvalue weighted by Crippen LogP contribution is -2.40. The van der Waals surface area contributed by atoms with Crippen molar-refractivity contribution in [3.8, 4) is 0 Å². The first kappa shape index (κ1) is 13.1. The maximum absolute atomic E-state index is 12.0. The van der Waals surface area contributed by atoms with Crippen LogP contribution in [-0.4, -0.2) is 35.7 Å². The van der Waals surface area contributed by atoms with E-state index < -0.39 is 11.9 Å². The molecule has 1 aliphatic heterocycles. The van der Waals surface area contributed by atoms with Crippen molar-refractivity contribution < 1.29 is 14.3 Å². The molecule has 1 saturated carbocycles. The molecular formula is C13H20N2O3. The number of hydrogen-bond acceptors (Lipinski definition) is 4. The largest absolute Gasteiger partial charge is 0.461 e. The Balaban J connectivity index is 2.07. The van der Waals surface area contributed by atoms with Crippen LogP contribution in [0.25, 0.3) is 0 Å². The van der Waals surface area contributed by atoms with Crippen molar-refractivity contribution in [2.75, 3.05) is 13.2 Å². The Morgan fingerprint density at radius 2 is 2.22 bits per heavy atom. The van der Waals surface area contributed by atoms with Gasteiger partial charge in [-0.3, -0.25) is 4.79 Å². The van der Waals surface area contributed by atoms with Gasteiger partial charge in [0.1, 0.15) is 0 Å². The third-order valence-corrected chi connectivity index (χ3v) is 3.84. The molecule has 5 heteroatoms. The molecule has 0 aromatic rings. The van der Waals surface area contributed by atoms with Gasteiger partial charge in [0.25, 0.3) is 5.91 Å². The molecule has 1 aliphatic carbocycles. The fraction of sp³-hybridized carbons (Fsp3) is 0.769. The number of esters is 1. The van der Waals surface area contributed by atoms with E-state index in [0.29, 0.717) is 13.2 Å².